The monoisotopic (exact) mass is 374 g/mol. The maximum Gasteiger partial charge on any atom is 0.167 e. The Kier molecular flexibility index (Phi) is 4.51. The molecule has 1 aliphatic rings. The van der Waals surface area contributed by atoms with Crippen molar-refractivity contribution in [2.24, 2.45) is 4.99 Å². The van der Waals surface area contributed by atoms with Crippen molar-refractivity contribution in [2.45, 2.75) is 13.8 Å². The molecule has 5 heteroatoms. The lowest BCUT2D eigenvalue weighted by molar-refractivity contribution is -0.118. The zero-order valence-electron chi connectivity index (χ0n) is 16.3. The second kappa shape index (κ2) is 7.00. The predicted octanol–water partition coefficient (Wildman–Crippen LogP) is 3.73. The molecule has 5 nitrogen and oxygen atoms in total. The number of hydrogen-bond acceptors (Lipinski definition) is 5. The molecular formula is C23H22N2O3. The van der Waals surface area contributed by atoms with Crippen molar-refractivity contribution in [3.8, 4) is 17.2 Å². The Morgan fingerprint density at radius 3 is 2.71 bits per heavy atom. The number of ketones is 1. The van der Waals surface area contributed by atoms with E-state index in [4.69, 9.17) is 14.5 Å². The summed E-state index contributed by atoms with van der Waals surface area (Å²) >= 11 is 0. The van der Waals surface area contributed by atoms with Crippen molar-refractivity contribution in [1.29, 1.82) is 0 Å². The lowest BCUT2D eigenvalue weighted by Crippen LogP contribution is -2.18. The number of anilines is 1. The van der Waals surface area contributed by atoms with Gasteiger partial charge in [0.15, 0.2) is 17.3 Å². The number of hydrogen-bond donors (Lipinski definition) is 0. The van der Waals surface area contributed by atoms with E-state index in [0.29, 0.717) is 11.5 Å². The average Bonchev–Trinajstić information content (AvgIpc) is 2.70. The summed E-state index contributed by atoms with van der Waals surface area (Å²) in [4.78, 5) is 18.2. The molecule has 4 rings (SSSR count). The molecule has 0 atom stereocenters. The summed E-state index contributed by atoms with van der Waals surface area (Å²) in [5.74, 6) is 2.00. The Balaban J connectivity index is 1.87. The molecule has 0 unspecified atom stereocenters. The van der Waals surface area contributed by atoms with Gasteiger partial charge in [0.2, 0.25) is 0 Å². The molecule has 0 bridgehead atoms. The molecule has 3 aromatic rings. The summed E-state index contributed by atoms with van der Waals surface area (Å²) in [5, 5.41) is 3.48. The molecule has 0 radical (unpaired) electrons. The minimum absolute atomic E-state index is 0.0252. The van der Waals surface area contributed by atoms with Crippen LogP contribution in [0.4, 0.5) is 11.4 Å². The van der Waals surface area contributed by atoms with Gasteiger partial charge in [-0.15, -0.1) is 0 Å². The molecule has 1 aliphatic heterocycles. The van der Waals surface area contributed by atoms with Crippen molar-refractivity contribution in [3.05, 3.63) is 53.0 Å². The van der Waals surface area contributed by atoms with Crippen LogP contribution in [-0.4, -0.2) is 26.0 Å². The topological polar surface area (TPSA) is 51.1 Å². The molecule has 0 saturated carbocycles. The fourth-order valence-electron chi connectivity index (χ4n) is 3.24. The van der Waals surface area contributed by atoms with E-state index in [1.807, 2.05) is 49.5 Å². The van der Waals surface area contributed by atoms with E-state index in [1.165, 1.54) is 6.92 Å². The third-order valence-corrected chi connectivity index (χ3v) is 4.88. The summed E-state index contributed by atoms with van der Waals surface area (Å²) in [7, 11) is 2.04. The number of carbonyl (C=O) groups is 1. The third-order valence-electron chi connectivity index (χ3n) is 4.88. The average molecular weight is 374 g/mol. The Morgan fingerprint density at radius 2 is 1.96 bits per heavy atom. The largest absolute Gasteiger partial charge is 0.486 e. The van der Waals surface area contributed by atoms with Crippen molar-refractivity contribution < 1.29 is 14.3 Å². The van der Waals surface area contributed by atoms with Gasteiger partial charge in [-0.05, 0) is 54.8 Å². The Morgan fingerprint density at radius 1 is 1.14 bits per heavy atom. The van der Waals surface area contributed by atoms with Crippen LogP contribution in [0.2, 0.25) is 0 Å². The van der Waals surface area contributed by atoms with E-state index >= 15 is 0 Å². The van der Waals surface area contributed by atoms with Crippen LogP contribution < -0.4 is 24.9 Å². The van der Waals surface area contributed by atoms with E-state index in [0.717, 1.165) is 45.0 Å². The molecule has 0 spiro atoms. The normalized spacial score (nSPS) is 11.8. The highest BCUT2D eigenvalue weighted by atomic mass is 16.5. The van der Waals surface area contributed by atoms with Crippen LogP contribution in [-0.2, 0) is 4.79 Å². The summed E-state index contributed by atoms with van der Waals surface area (Å²) < 4.78 is 11.8. The van der Waals surface area contributed by atoms with Gasteiger partial charge in [-0.3, -0.25) is 4.79 Å². The van der Waals surface area contributed by atoms with Gasteiger partial charge in [0.1, 0.15) is 23.4 Å². The molecule has 0 N–H and O–H groups in total. The van der Waals surface area contributed by atoms with Crippen LogP contribution in [0.25, 0.3) is 17.4 Å². The molecule has 0 fully saturated rings. The van der Waals surface area contributed by atoms with E-state index < -0.39 is 0 Å². The number of ether oxygens (including phenoxy) is 2. The molecule has 0 amide bonds. The van der Waals surface area contributed by atoms with Crippen molar-refractivity contribution in [3.63, 3.8) is 0 Å². The molecule has 3 aromatic carbocycles. The fraction of sp³-hybridized carbons (Fsp3) is 0.217. The number of Topliss-reactive ketones (excluding diaryl/α,β-unsaturated/α-hetero) is 1. The van der Waals surface area contributed by atoms with Crippen LogP contribution >= 0.6 is 0 Å². The van der Waals surface area contributed by atoms with E-state index in [1.54, 1.807) is 0 Å². The van der Waals surface area contributed by atoms with Crippen molar-refractivity contribution >= 4 is 34.5 Å². The molecule has 28 heavy (non-hydrogen) atoms. The second-order valence-corrected chi connectivity index (χ2v) is 6.96. The molecule has 0 saturated heterocycles. The first-order valence-electron chi connectivity index (χ1n) is 9.26. The van der Waals surface area contributed by atoms with Gasteiger partial charge in [-0.2, -0.15) is 0 Å². The van der Waals surface area contributed by atoms with Crippen molar-refractivity contribution in [2.75, 3.05) is 25.1 Å². The first kappa shape index (κ1) is 18.0. The van der Waals surface area contributed by atoms with E-state index in [-0.39, 0.29) is 12.4 Å². The smallest absolute Gasteiger partial charge is 0.167 e. The summed E-state index contributed by atoms with van der Waals surface area (Å²) in [5.41, 5.74) is 1.87. The zero-order chi connectivity index (χ0) is 19.8. The van der Waals surface area contributed by atoms with Crippen LogP contribution in [0.3, 0.4) is 0 Å². The van der Waals surface area contributed by atoms with Crippen LogP contribution in [0.15, 0.2) is 47.5 Å². The van der Waals surface area contributed by atoms with Crippen LogP contribution in [0.5, 0.6) is 17.2 Å². The molecule has 0 aliphatic carbocycles. The summed E-state index contributed by atoms with van der Waals surface area (Å²) in [6.07, 6.45) is 0. The lowest BCUT2D eigenvalue weighted by atomic mass is 10.1. The SMILES string of the molecule is C=c1cc2c(c3cc(OCC(C)=O)ccc13)=Nc1ccc(N(C)CC)cc1O2. The zero-order valence-corrected chi connectivity index (χ0v) is 16.3. The van der Waals surface area contributed by atoms with Crippen molar-refractivity contribution in [1.82, 2.24) is 0 Å². The Bertz CT molecular complexity index is 1200. The maximum absolute atomic E-state index is 11.2. The van der Waals surface area contributed by atoms with Gasteiger partial charge in [0.05, 0.1) is 0 Å². The Labute approximate surface area is 163 Å². The minimum Gasteiger partial charge on any atom is -0.486 e. The number of rotatable bonds is 5. The van der Waals surface area contributed by atoms with Crippen LogP contribution in [0, 0.1) is 0 Å². The fourth-order valence-corrected chi connectivity index (χ4v) is 3.24. The van der Waals surface area contributed by atoms with Gasteiger partial charge in [0, 0.05) is 30.7 Å². The first-order valence-corrected chi connectivity index (χ1v) is 9.26. The molecule has 1 heterocycles. The highest BCUT2D eigenvalue weighted by molar-refractivity contribution is 5.86. The molecular weight excluding hydrogens is 352 g/mol. The molecule has 142 valence electrons. The Hall–Kier alpha value is -3.34. The number of carbonyl (C=O) groups excluding carboxylic acids is 1. The molecule has 0 aromatic heterocycles. The van der Waals surface area contributed by atoms with Gasteiger partial charge < -0.3 is 14.4 Å². The summed E-state index contributed by atoms with van der Waals surface area (Å²) in [6.45, 7) is 8.71. The number of nitrogens with zero attached hydrogens (tertiary/aromatic N) is 2. The standard InChI is InChI=1S/C23H22N2O3/c1-5-25(4)16-6-9-20-21(11-16)28-22-10-14(2)18-8-7-17(27-13-15(3)26)12-19(18)23(22)24-20/h6-12H,2,5,13H2,1,3-4H3. The second-order valence-electron chi connectivity index (χ2n) is 6.96. The van der Waals surface area contributed by atoms with Crippen LogP contribution in [0.1, 0.15) is 13.8 Å². The minimum atomic E-state index is -0.0252. The number of fused-ring (bicyclic) bond motifs is 4. The highest BCUT2D eigenvalue weighted by Crippen LogP contribution is 2.37. The van der Waals surface area contributed by atoms with Gasteiger partial charge in [-0.1, -0.05) is 12.6 Å². The van der Waals surface area contributed by atoms with E-state index in [9.17, 15) is 4.79 Å². The first-order chi connectivity index (χ1) is 13.5. The quantitative estimate of drug-likeness (QED) is 0.534. The number of benzene rings is 3. The summed E-state index contributed by atoms with van der Waals surface area (Å²) in [6, 6.07) is 13.6. The highest BCUT2D eigenvalue weighted by Gasteiger charge is 2.17. The van der Waals surface area contributed by atoms with Gasteiger partial charge >= 0.3 is 0 Å². The van der Waals surface area contributed by atoms with Gasteiger partial charge in [0.25, 0.3) is 0 Å². The van der Waals surface area contributed by atoms with Gasteiger partial charge in [-0.25, -0.2) is 4.99 Å². The van der Waals surface area contributed by atoms with E-state index in [2.05, 4.69) is 18.4 Å². The third kappa shape index (κ3) is 3.20. The lowest BCUT2D eigenvalue weighted by Gasteiger charge is -2.21. The predicted molar refractivity (Wildman–Crippen MR) is 112 cm³/mol. The maximum atomic E-state index is 11.2.